The zero-order chi connectivity index (χ0) is 33.9. The van der Waals surface area contributed by atoms with Gasteiger partial charge in [-0.25, -0.2) is 13.1 Å². The van der Waals surface area contributed by atoms with E-state index in [9.17, 15) is 18.0 Å². The van der Waals surface area contributed by atoms with Gasteiger partial charge in [0.2, 0.25) is 10.0 Å². The van der Waals surface area contributed by atoms with Crippen molar-refractivity contribution in [1.82, 2.24) is 4.72 Å². The van der Waals surface area contributed by atoms with Crippen LogP contribution in [0.15, 0.2) is 70.0 Å². The first-order chi connectivity index (χ1) is 22.5. The smallest absolute Gasteiger partial charge is 0.241 e. The summed E-state index contributed by atoms with van der Waals surface area (Å²) in [5.41, 5.74) is 9.71. The minimum absolute atomic E-state index is 0.00167. The molecule has 4 aromatic carbocycles. The molecule has 10 nitrogen and oxygen atoms in total. The number of aryl methyl sites for hydroxylation is 2. The minimum Gasteiger partial charge on any atom is -0.455 e. The monoisotopic (exact) mass is 721 g/mol. The Morgan fingerprint density at radius 1 is 0.936 bits per heavy atom. The van der Waals surface area contributed by atoms with Gasteiger partial charge in [0, 0.05) is 28.2 Å². The number of fused-ring (bicyclic) bond motifs is 2. The fourth-order valence-electron chi connectivity index (χ4n) is 5.76. The summed E-state index contributed by atoms with van der Waals surface area (Å²) in [4.78, 5) is 28.0. The minimum atomic E-state index is -4.00. The van der Waals surface area contributed by atoms with Gasteiger partial charge in [0.1, 0.15) is 5.75 Å². The lowest BCUT2D eigenvalue weighted by Crippen LogP contribution is -2.29. The molecule has 47 heavy (non-hydrogen) atoms. The molecule has 1 aliphatic rings. The van der Waals surface area contributed by atoms with E-state index in [0.717, 1.165) is 18.4 Å². The summed E-state index contributed by atoms with van der Waals surface area (Å²) in [5, 5.41) is 12.2. The number of hydrogen-bond donors (Lipinski definition) is 4. The summed E-state index contributed by atoms with van der Waals surface area (Å²) in [5.74, 6) is -0.145. The van der Waals surface area contributed by atoms with Crippen LogP contribution in [-0.4, -0.2) is 51.5 Å². The molecular weight excluding hydrogens is 686 g/mol. The molecule has 0 amide bonds. The molecule has 246 valence electrons. The molecule has 1 aliphatic carbocycles. The summed E-state index contributed by atoms with van der Waals surface area (Å²) in [6.07, 6.45) is 1.80. The highest BCUT2D eigenvalue weighted by Crippen LogP contribution is 2.45. The number of rotatable bonds is 13. The Morgan fingerprint density at radius 3 is 2.32 bits per heavy atom. The molecule has 0 aromatic heterocycles. The average molecular weight is 723 g/mol. The zero-order valence-electron chi connectivity index (χ0n) is 26.3. The highest BCUT2D eigenvalue weighted by atomic mass is 79.9. The molecule has 0 saturated carbocycles. The van der Waals surface area contributed by atoms with Crippen LogP contribution in [0.4, 0.5) is 17.1 Å². The summed E-state index contributed by atoms with van der Waals surface area (Å²) < 4.78 is 41.5. The van der Waals surface area contributed by atoms with Crippen LogP contribution < -0.4 is 20.5 Å². The topological polar surface area (TPSA) is 157 Å². The van der Waals surface area contributed by atoms with E-state index in [1.807, 2.05) is 18.2 Å². The van der Waals surface area contributed by atoms with Gasteiger partial charge in [-0.2, -0.15) is 0 Å². The van der Waals surface area contributed by atoms with Crippen LogP contribution in [0.5, 0.6) is 11.5 Å². The van der Waals surface area contributed by atoms with Crippen molar-refractivity contribution in [3.05, 3.63) is 104 Å². The third kappa shape index (κ3) is 6.97. The second-order valence-electron chi connectivity index (χ2n) is 11.2. The van der Waals surface area contributed by atoms with E-state index in [1.54, 1.807) is 56.3 Å². The summed E-state index contributed by atoms with van der Waals surface area (Å²) in [7, 11) is -4.00. The standard InChI is InChI=1S/C35H36BrN3O7S/c1-4-8-22-9-7-10-23(18-22)46-28-19-27(29-30(31(28)37)34(42)25-12-6-5-11-24(25)33(29)41)39-32-21(3)35(20(2)17-26(32)36)47(43,44)38-13-15-45-16-14-40/h5-7,9-12,17-19,38-40H,4,8,13-16,37H2,1-3H3. The second kappa shape index (κ2) is 14.4. The van der Waals surface area contributed by atoms with Crippen molar-refractivity contribution >= 4 is 54.6 Å². The van der Waals surface area contributed by atoms with Crippen LogP contribution in [0, 0.1) is 13.8 Å². The molecule has 0 aliphatic heterocycles. The fraction of sp³-hybridized carbons (Fsp3) is 0.257. The third-order valence-electron chi connectivity index (χ3n) is 7.82. The van der Waals surface area contributed by atoms with E-state index in [0.29, 0.717) is 27.0 Å². The molecular formula is C35H36BrN3O7S. The van der Waals surface area contributed by atoms with Crippen LogP contribution in [-0.2, 0) is 21.2 Å². The normalized spacial score (nSPS) is 12.5. The molecule has 0 saturated heterocycles. The predicted octanol–water partition coefficient (Wildman–Crippen LogP) is 6.20. The SMILES string of the molecule is CCCc1cccc(Oc2cc(Nc3c(Br)cc(C)c(S(=O)(=O)NCCOCCO)c3C)c3c(c2N)C(=O)c2ccccc2C3=O)c1. The van der Waals surface area contributed by atoms with Crippen LogP contribution in [0.1, 0.15) is 61.9 Å². The van der Waals surface area contributed by atoms with Crippen LogP contribution in [0.2, 0.25) is 0 Å². The van der Waals surface area contributed by atoms with Crippen molar-refractivity contribution in [2.75, 3.05) is 37.4 Å². The summed E-state index contributed by atoms with van der Waals surface area (Å²) >= 11 is 3.57. The number of ether oxygens (including phenoxy) is 2. The number of anilines is 3. The Balaban J connectivity index is 1.64. The molecule has 0 bridgehead atoms. The number of nitrogens with two attached hydrogens (primary N) is 1. The number of benzene rings is 4. The lowest BCUT2D eigenvalue weighted by atomic mass is 9.82. The van der Waals surface area contributed by atoms with Gasteiger partial charge in [-0.15, -0.1) is 0 Å². The highest BCUT2D eigenvalue weighted by molar-refractivity contribution is 9.10. The van der Waals surface area contributed by atoms with Gasteiger partial charge in [0.15, 0.2) is 17.3 Å². The van der Waals surface area contributed by atoms with E-state index in [1.165, 1.54) is 0 Å². The maximum atomic E-state index is 14.0. The van der Waals surface area contributed by atoms with E-state index in [-0.39, 0.29) is 70.6 Å². The van der Waals surface area contributed by atoms with Gasteiger partial charge in [0.05, 0.1) is 52.9 Å². The van der Waals surface area contributed by atoms with Gasteiger partial charge in [-0.05, 0) is 71.1 Å². The number of nitrogens with one attached hydrogen (secondary N) is 2. The number of aliphatic hydroxyl groups excluding tert-OH is 1. The van der Waals surface area contributed by atoms with Crippen molar-refractivity contribution in [2.24, 2.45) is 0 Å². The molecule has 5 N–H and O–H groups in total. The van der Waals surface area contributed by atoms with Crippen molar-refractivity contribution in [1.29, 1.82) is 0 Å². The molecule has 0 unspecified atom stereocenters. The number of nitrogen functional groups attached to an aromatic ring is 1. The number of halogens is 1. The maximum Gasteiger partial charge on any atom is 0.241 e. The Bertz CT molecular complexity index is 1980. The molecule has 0 atom stereocenters. The van der Waals surface area contributed by atoms with Gasteiger partial charge >= 0.3 is 0 Å². The number of carbonyl (C=O) groups excluding carboxylic acids is 2. The molecule has 4 aromatic rings. The first-order valence-electron chi connectivity index (χ1n) is 15.1. The Kier molecular flexibility index (Phi) is 10.5. The van der Waals surface area contributed by atoms with Crippen molar-refractivity contribution in [3.63, 3.8) is 0 Å². The van der Waals surface area contributed by atoms with Crippen LogP contribution >= 0.6 is 15.9 Å². The Morgan fingerprint density at radius 2 is 1.64 bits per heavy atom. The van der Waals surface area contributed by atoms with Gasteiger partial charge < -0.3 is 25.6 Å². The second-order valence-corrected chi connectivity index (χ2v) is 13.7. The van der Waals surface area contributed by atoms with Crippen molar-refractivity contribution in [3.8, 4) is 11.5 Å². The fourth-order valence-corrected chi connectivity index (χ4v) is 7.99. The molecule has 12 heteroatoms. The Labute approximate surface area is 282 Å². The van der Waals surface area contributed by atoms with E-state index in [2.05, 4.69) is 32.9 Å². The molecule has 0 radical (unpaired) electrons. The van der Waals surface area contributed by atoms with Crippen LogP contribution in [0.3, 0.4) is 0 Å². The number of hydrogen-bond acceptors (Lipinski definition) is 9. The lowest BCUT2D eigenvalue weighted by molar-refractivity contribution is 0.0961. The molecule has 5 rings (SSSR count). The number of ketones is 2. The quantitative estimate of drug-likeness (QED) is 0.0821. The predicted molar refractivity (Wildman–Crippen MR) is 185 cm³/mol. The Hall–Kier alpha value is -4.07. The number of aliphatic hydroxyl groups is 1. The zero-order valence-corrected chi connectivity index (χ0v) is 28.7. The molecule has 0 spiro atoms. The number of sulfonamides is 1. The van der Waals surface area contributed by atoms with Crippen LogP contribution in [0.25, 0.3) is 0 Å². The largest absolute Gasteiger partial charge is 0.455 e. The third-order valence-corrected chi connectivity index (χ3v) is 10.2. The van der Waals surface area contributed by atoms with E-state index >= 15 is 0 Å². The highest BCUT2D eigenvalue weighted by Gasteiger charge is 2.36. The van der Waals surface area contributed by atoms with Crippen molar-refractivity contribution in [2.45, 2.75) is 38.5 Å². The maximum absolute atomic E-state index is 14.0. The van der Waals surface area contributed by atoms with Gasteiger partial charge in [-0.1, -0.05) is 49.7 Å². The summed E-state index contributed by atoms with van der Waals surface area (Å²) in [6.45, 7) is 5.43. The number of carbonyl (C=O) groups is 2. The van der Waals surface area contributed by atoms with Gasteiger partial charge in [-0.3, -0.25) is 9.59 Å². The molecule has 0 heterocycles. The first-order valence-corrected chi connectivity index (χ1v) is 17.4. The van der Waals surface area contributed by atoms with Crippen molar-refractivity contribution < 1.29 is 32.6 Å². The lowest BCUT2D eigenvalue weighted by Gasteiger charge is -2.25. The summed E-state index contributed by atoms with van der Waals surface area (Å²) in [6, 6.07) is 17.3. The van der Waals surface area contributed by atoms with E-state index in [4.69, 9.17) is 20.3 Å². The van der Waals surface area contributed by atoms with Gasteiger partial charge in [0.25, 0.3) is 0 Å². The molecule has 0 fully saturated rings. The van der Waals surface area contributed by atoms with E-state index < -0.39 is 21.6 Å². The average Bonchev–Trinajstić information content (AvgIpc) is 3.03. The first kappa shape index (κ1) is 34.3.